The van der Waals surface area contributed by atoms with E-state index in [-0.39, 0.29) is 0 Å². The summed E-state index contributed by atoms with van der Waals surface area (Å²) >= 11 is 0. The van der Waals surface area contributed by atoms with Crippen molar-refractivity contribution in [3.63, 3.8) is 0 Å². The molecule has 3 aromatic heterocycles. The van der Waals surface area contributed by atoms with E-state index in [9.17, 15) is 0 Å². The summed E-state index contributed by atoms with van der Waals surface area (Å²) in [5, 5.41) is 5.12. The third-order valence-electron chi connectivity index (χ3n) is 8.41. The van der Waals surface area contributed by atoms with Crippen molar-refractivity contribution in [1.82, 2.24) is 15.0 Å². The molecule has 40 heavy (non-hydrogen) atoms. The first-order valence-corrected chi connectivity index (χ1v) is 13.6. The lowest BCUT2D eigenvalue weighted by molar-refractivity contribution is 0.687. The van der Waals surface area contributed by atoms with E-state index >= 15 is 0 Å². The topological polar surface area (TPSA) is 38.7 Å². The zero-order valence-corrected chi connectivity index (χ0v) is 22.0. The van der Waals surface area contributed by atoms with Crippen LogP contribution in [-0.4, -0.2) is 15.0 Å². The number of nitrogens with zero attached hydrogens (tertiary/aromatic N) is 3. The SMILES string of the molecule is CC1(c2ccccn2)c2cc(-c3ccccc3)cc3ccc4cc(-c5cccc(-c6ccncc6)n5)cc1c4c23. The van der Waals surface area contributed by atoms with Crippen LogP contribution in [0.2, 0.25) is 0 Å². The number of pyridine rings is 3. The molecular formula is C37H25N3. The van der Waals surface area contributed by atoms with Crippen molar-refractivity contribution in [1.29, 1.82) is 0 Å². The molecule has 3 nitrogen and oxygen atoms in total. The van der Waals surface area contributed by atoms with Crippen LogP contribution in [0.3, 0.4) is 0 Å². The van der Waals surface area contributed by atoms with Crippen LogP contribution in [0.1, 0.15) is 23.7 Å². The van der Waals surface area contributed by atoms with Crippen LogP contribution in [0.15, 0.2) is 134 Å². The van der Waals surface area contributed by atoms with Crippen LogP contribution in [0, 0.1) is 0 Å². The highest BCUT2D eigenvalue weighted by atomic mass is 14.7. The zero-order chi connectivity index (χ0) is 26.7. The third kappa shape index (κ3) is 3.34. The summed E-state index contributed by atoms with van der Waals surface area (Å²) in [6.45, 7) is 2.33. The van der Waals surface area contributed by atoms with Gasteiger partial charge in [-0.05, 0) is 111 Å². The molecule has 0 bridgehead atoms. The molecule has 1 unspecified atom stereocenters. The lowest BCUT2D eigenvalue weighted by Crippen LogP contribution is -2.24. The van der Waals surface area contributed by atoms with Gasteiger partial charge in [-0.1, -0.05) is 54.6 Å². The number of benzene rings is 4. The van der Waals surface area contributed by atoms with Crippen LogP contribution in [-0.2, 0) is 5.41 Å². The first-order valence-electron chi connectivity index (χ1n) is 13.6. The molecule has 1 aliphatic carbocycles. The molecule has 1 atom stereocenters. The molecule has 0 spiro atoms. The molecule has 0 amide bonds. The van der Waals surface area contributed by atoms with E-state index in [1.54, 1.807) is 0 Å². The van der Waals surface area contributed by atoms with E-state index in [0.29, 0.717) is 0 Å². The predicted molar refractivity (Wildman–Crippen MR) is 163 cm³/mol. The smallest absolute Gasteiger partial charge is 0.0710 e. The quantitative estimate of drug-likeness (QED) is 0.222. The maximum atomic E-state index is 5.09. The van der Waals surface area contributed by atoms with E-state index in [2.05, 4.69) is 109 Å². The molecule has 7 aromatic rings. The van der Waals surface area contributed by atoms with Crippen LogP contribution in [0.4, 0.5) is 0 Å². The van der Waals surface area contributed by atoms with Gasteiger partial charge >= 0.3 is 0 Å². The van der Waals surface area contributed by atoms with Gasteiger partial charge in [0.2, 0.25) is 0 Å². The molecule has 0 saturated heterocycles. The Balaban J connectivity index is 1.40. The second-order valence-corrected chi connectivity index (χ2v) is 10.7. The second kappa shape index (κ2) is 8.69. The summed E-state index contributed by atoms with van der Waals surface area (Å²) in [4.78, 5) is 14.2. The molecule has 3 heteroatoms. The molecular weight excluding hydrogens is 486 g/mol. The van der Waals surface area contributed by atoms with E-state index in [1.807, 2.05) is 36.8 Å². The van der Waals surface area contributed by atoms with Gasteiger partial charge in [0.25, 0.3) is 0 Å². The fourth-order valence-corrected chi connectivity index (χ4v) is 6.42. The van der Waals surface area contributed by atoms with Crippen molar-refractivity contribution in [3.8, 4) is 33.6 Å². The van der Waals surface area contributed by atoms with Gasteiger partial charge in [-0.15, -0.1) is 0 Å². The Bertz CT molecular complexity index is 2050. The third-order valence-corrected chi connectivity index (χ3v) is 8.41. The van der Waals surface area contributed by atoms with Crippen molar-refractivity contribution in [2.75, 3.05) is 0 Å². The maximum absolute atomic E-state index is 5.09. The highest BCUT2D eigenvalue weighted by Crippen LogP contribution is 2.53. The Morgan fingerprint density at radius 2 is 1.15 bits per heavy atom. The largest absolute Gasteiger partial charge is 0.265 e. The van der Waals surface area contributed by atoms with Gasteiger partial charge in [-0.3, -0.25) is 9.97 Å². The summed E-state index contributed by atoms with van der Waals surface area (Å²) < 4.78 is 0. The molecule has 188 valence electrons. The Hall–Kier alpha value is -5.15. The van der Waals surface area contributed by atoms with Gasteiger partial charge in [-0.2, -0.15) is 0 Å². The molecule has 4 aromatic carbocycles. The second-order valence-electron chi connectivity index (χ2n) is 10.7. The highest BCUT2D eigenvalue weighted by molar-refractivity contribution is 6.17. The van der Waals surface area contributed by atoms with E-state index in [4.69, 9.17) is 9.97 Å². The van der Waals surface area contributed by atoms with Gasteiger partial charge in [-0.25, -0.2) is 4.98 Å². The average Bonchev–Trinajstić information content (AvgIpc) is 3.30. The fraction of sp³-hybridized carbons (Fsp3) is 0.0541. The minimum absolute atomic E-state index is 0.412. The Morgan fingerprint density at radius 3 is 1.85 bits per heavy atom. The van der Waals surface area contributed by atoms with Crippen molar-refractivity contribution in [2.45, 2.75) is 12.3 Å². The Morgan fingerprint density at radius 1 is 0.500 bits per heavy atom. The summed E-state index contributed by atoms with van der Waals surface area (Å²) in [6, 6.07) is 41.0. The van der Waals surface area contributed by atoms with Gasteiger partial charge in [0, 0.05) is 29.7 Å². The predicted octanol–water partition coefficient (Wildman–Crippen LogP) is 8.85. The molecule has 8 rings (SSSR count). The maximum Gasteiger partial charge on any atom is 0.0710 e. The van der Waals surface area contributed by atoms with E-state index < -0.39 is 5.41 Å². The molecule has 3 heterocycles. The zero-order valence-electron chi connectivity index (χ0n) is 22.0. The minimum Gasteiger partial charge on any atom is -0.265 e. The first kappa shape index (κ1) is 22.8. The number of rotatable bonds is 4. The van der Waals surface area contributed by atoms with Crippen LogP contribution < -0.4 is 0 Å². The number of aromatic nitrogens is 3. The summed E-state index contributed by atoms with van der Waals surface area (Å²) in [5.41, 5.74) is 9.73. The van der Waals surface area contributed by atoms with Crippen LogP contribution >= 0.6 is 0 Å². The molecule has 0 saturated carbocycles. The van der Waals surface area contributed by atoms with Gasteiger partial charge in [0.1, 0.15) is 0 Å². The fourth-order valence-electron chi connectivity index (χ4n) is 6.42. The van der Waals surface area contributed by atoms with Crippen LogP contribution in [0.25, 0.3) is 55.2 Å². The van der Waals surface area contributed by atoms with Gasteiger partial charge in [0.05, 0.1) is 22.5 Å². The molecule has 0 radical (unpaired) electrons. The summed E-state index contributed by atoms with van der Waals surface area (Å²) in [5.74, 6) is 0. The molecule has 1 aliphatic rings. The molecule has 0 fully saturated rings. The number of hydrogen-bond acceptors (Lipinski definition) is 3. The van der Waals surface area contributed by atoms with Crippen molar-refractivity contribution < 1.29 is 0 Å². The van der Waals surface area contributed by atoms with Crippen molar-refractivity contribution in [3.05, 3.63) is 151 Å². The van der Waals surface area contributed by atoms with Crippen molar-refractivity contribution >= 4 is 21.5 Å². The normalized spacial score (nSPS) is 15.7. The van der Waals surface area contributed by atoms with Crippen LogP contribution in [0.5, 0.6) is 0 Å². The lowest BCUT2D eigenvalue weighted by Gasteiger charge is -2.28. The molecule has 0 N–H and O–H groups in total. The van der Waals surface area contributed by atoms with E-state index in [0.717, 1.165) is 28.2 Å². The molecule has 0 aliphatic heterocycles. The minimum atomic E-state index is -0.412. The standard InChI is InChI=1S/C37H25N3/c1-37(34-12-5-6-17-39-34)30-22-28(24-8-3-2-4-9-24)20-26-13-14-27-21-29(23-31(37)36(27)35(26)30)33-11-7-10-32(40-33)25-15-18-38-19-16-25/h2-23H,1H3. The first-order chi connectivity index (χ1) is 19.7. The lowest BCUT2D eigenvalue weighted by atomic mass is 9.75. The highest BCUT2D eigenvalue weighted by Gasteiger charge is 2.41. The average molecular weight is 512 g/mol. The Kier molecular flexibility index (Phi) is 4.95. The van der Waals surface area contributed by atoms with Gasteiger partial charge in [0.15, 0.2) is 0 Å². The van der Waals surface area contributed by atoms with E-state index in [1.165, 1.54) is 43.8 Å². The summed E-state index contributed by atoms with van der Waals surface area (Å²) in [7, 11) is 0. The van der Waals surface area contributed by atoms with Gasteiger partial charge < -0.3 is 0 Å². The van der Waals surface area contributed by atoms with Crippen molar-refractivity contribution in [2.24, 2.45) is 0 Å². The monoisotopic (exact) mass is 511 g/mol. The Labute approximate surface area is 232 Å². The summed E-state index contributed by atoms with van der Waals surface area (Å²) in [6.07, 6.45) is 5.53. The number of hydrogen-bond donors (Lipinski definition) is 0.